The minimum Gasteiger partial charge on any atom is -0.352 e. The van der Waals surface area contributed by atoms with Gasteiger partial charge in [0.05, 0.1) is 0 Å². The van der Waals surface area contributed by atoms with Gasteiger partial charge in [-0.1, -0.05) is 17.8 Å². The van der Waals surface area contributed by atoms with E-state index in [1.165, 1.54) is 18.1 Å². The monoisotopic (exact) mass is 383 g/mol. The van der Waals surface area contributed by atoms with E-state index in [1.807, 2.05) is 32.2 Å². The highest BCUT2D eigenvalue weighted by molar-refractivity contribution is 7.98. The van der Waals surface area contributed by atoms with Crippen molar-refractivity contribution in [1.82, 2.24) is 35.0 Å². The van der Waals surface area contributed by atoms with Crippen LogP contribution >= 0.6 is 11.8 Å². The molecule has 0 atom stereocenters. The number of thioether (sulfide) groups is 1. The highest BCUT2D eigenvalue weighted by Crippen LogP contribution is 2.17. The molecular weight excluding hydrogens is 362 g/mol. The molecule has 0 radical (unpaired) electrons. The normalized spacial score (nSPS) is 10.8. The number of nitrogens with one attached hydrogen (secondary N) is 1. The lowest BCUT2D eigenvalue weighted by Crippen LogP contribution is -2.24. The first-order chi connectivity index (χ1) is 13.1. The minimum atomic E-state index is -0.0314. The summed E-state index contributed by atoms with van der Waals surface area (Å²) in [7, 11) is 0. The Morgan fingerprint density at radius 3 is 2.70 bits per heavy atom. The number of aryl methyl sites for hydroxylation is 2. The van der Waals surface area contributed by atoms with E-state index in [0.717, 1.165) is 27.7 Å². The predicted molar refractivity (Wildman–Crippen MR) is 103 cm³/mol. The lowest BCUT2D eigenvalue weighted by molar-refractivity contribution is -0.121. The average Bonchev–Trinajstić information content (AvgIpc) is 3.20. The number of nitrogens with zero attached hydrogens (tertiary/aromatic N) is 6. The second-order valence-corrected chi connectivity index (χ2v) is 6.74. The molecular formula is C18H21N7OS. The van der Waals surface area contributed by atoms with E-state index >= 15 is 0 Å². The maximum Gasteiger partial charge on any atom is 0.220 e. The Balaban J connectivity index is 1.60. The number of hydrogen-bond donors (Lipinski definition) is 1. The fourth-order valence-corrected chi connectivity index (χ4v) is 3.23. The van der Waals surface area contributed by atoms with Crippen molar-refractivity contribution in [2.75, 3.05) is 6.26 Å². The minimum absolute atomic E-state index is 0.0314. The van der Waals surface area contributed by atoms with Crippen LogP contribution in [0.5, 0.6) is 0 Å². The van der Waals surface area contributed by atoms with Gasteiger partial charge >= 0.3 is 0 Å². The summed E-state index contributed by atoms with van der Waals surface area (Å²) in [6, 6.07) is 3.74. The SMILES string of the molecule is CSc1nc(C)c(CCC(=O)NCc2cccnc2-n2cncn2)c(C)n1. The Morgan fingerprint density at radius 1 is 1.26 bits per heavy atom. The number of aromatic nitrogens is 6. The third-order valence-electron chi connectivity index (χ3n) is 4.16. The van der Waals surface area contributed by atoms with Crippen LogP contribution in [0.3, 0.4) is 0 Å². The fraction of sp³-hybridized carbons (Fsp3) is 0.333. The van der Waals surface area contributed by atoms with Crippen molar-refractivity contribution >= 4 is 17.7 Å². The average molecular weight is 383 g/mol. The summed E-state index contributed by atoms with van der Waals surface area (Å²) in [6.07, 6.45) is 7.66. The van der Waals surface area contributed by atoms with E-state index in [0.29, 0.717) is 25.2 Å². The number of carbonyl (C=O) groups excluding carboxylic acids is 1. The summed E-state index contributed by atoms with van der Waals surface area (Å²) in [6.45, 7) is 4.30. The van der Waals surface area contributed by atoms with Gasteiger partial charge in [0.25, 0.3) is 0 Å². The van der Waals surface area contributed by atoms with Gasteiger partial charge in [-0.3, -0.25) is 4.79 Å². The molecule has 8 nitrogen and oxygen atoms in total. The van der Waals surface area contributed by atoms with Crippen molar-refractivity contribution in [2.45, 2.75) is 38.4 Å². The van der Waals surface area contributed by atoms with Gasteiger partial charge in [-0.15, -0.1) is 0 Å². The fourth-order valence-electron chi connectivity index (χ4n) is 2.77. The summed E-state index contributed by atoms with van der Waals surface area (Å²) in [5, 5.41) is 7.81. The van der Waals surface area contributed by atoms with Gasteiger partial charge < -0.3 is 5.32 Å². The molecule has 0 unspecified atom stereocenters. The molecule has 0 saturated carbocycles. The lowest BCUT2D eigenvalue weighted by Gasteiger charge is -2.11. The van der Waals surface area contributed by atoms with Gasteiger partial charge in [-0.05, 0) is 38.2 Å². The summed E-state index contributed by atoms with van der Waals surface area (Å²) in [5.74, 6) is 0.624. The highest BCUT2D eigenvalue weighted by atomic mass is 32.2. The molecule has 3 aromatic rings. The molecule has 0 aliphatic carbocycles. The Morgan fingerprint density at radius 2 is 2.04 bits per heavy atom. The Hall–Kier alpha value is -2.81. The molecule has 140 valence electrons. The Bertz CT molecular complexity index is 904. The standard InChI is InChI=1S/C18H21N7OS/c1-12-15(13(2)24-18(23-12)27-3)6-7-16(26)21-9-14-5-4-8-20-17(14)25-11-19-10-22-25/h4-5,8,10-11H,6-7,9H2,1-3H3,(H,21,26). The first-order valence-electron chi connectivity index (χ1n) is 8.52. The second kappa shape index (κ2) is 8.72. The predicted octanol–water partition coefficient (Wildman–Crippen LogP) is 2.04. The van der Waals surface area contributed by atoms with Crippen LogP contribution in [0.2, 0.25) is 0 Å². The summed E-state index contributed by atoms with van der Waals surface area (Å²) in [5.41, 5.74) is 3.77. The third kappa shape index (κ3) is 4.68. The van der Waals surface area contributed by atoms with E-state index in [1.54, 1.807) is 17.2 Å². The van der Waals surface area contributed by atoms with Crippen LogP contribution < -0.4 is 5.32 Å². The molecule has 0 aliphatic heterocycles. The molecule has 0 fully saturated rings. The first kappa shape index (κ1) is 19.0. The number of carbonyl (C=O) groups is 1. The number of rotatable bonds is 7. The zero-order valence-corrected chi connectivity index (χ0v) is 16.3. The van der Waals surface area contributed by atoms with Crippen molar-refractivity contribution in [2.24, 2.45) is 0 Å². The molecule has 3 heterocycles. The largest absolute Gasteiger partial charge is 0.352 e. The summed E-state index contributed by atoms with van der Waals surface area (Å²) < 4.78 is 1.58. The molecule has 0 saturated heterocycles. The molecule has 9 heteroatoms. The smallest absolute Gasteiger partial charge is 0.220 e. The number of pyridine rings is 1. The third-order valence-corrected chi connectivity index (χ3v) is 4.71. The van der Waals surface area contributed by atoms with Crippen molar-refractivity contribution in [3.05, 3.63) is 53.5 Å². The number of hydrogen-bond acceptors (Lipinski definition) is 7. The zero-order valence-electron chi connectivity index (χ0n) is 15.5. The Kier molecular flexibility index (Phi) is 6.12. The van der Waals surface area contributed by atoms with Gasteiger partial charge in [0.2, 0.25) is 5.91 Å². The van der Waals surface area contributed by atoms with E-state index in [2.05, 4.69) is 30.4 Å². The molecule has 0 bridgehead atoms. The summed E-state index contributed by atoms with van der Waals surface area (Å²) >= 11 is 1.52. The van der Waals surface area contributed by atoms with Crippen molar-refractivity contribution < 1.29 is 4.79 Å². The molecule has 3 rings (SSSR count). The quantitative estimate of drug-likeness (QED) is 0.492. The zero-order chi connectivity index (χ0) is 19.2. The van der Waals surface area contributed by atoms with Crippen molar-refractivity contribution in [1.29, 1.82) is 0 Å². The highest BCUT2D eigenvalue weighted by Gasteiger charge is 2.12. The van der Waals surface area contributed by atoms with Gasteiger partial charge in [-0.2, -0.15) is 5.10 Å². The van der Waals surface area contributed by atoms with Crippen LogP contribution in [-0.4, -0.2) is 41.9 Å². The van der Waals surface area contributed by atoms with E-state index in [4.69, 9.17) is 0 Å². The molecule has 27 heavy (non-hydrogen) atoms. The van der Waals surface area contributed by atoms with Gasteiger partial charge in [0, 0.05) is 36.1 Å². The Labute approximate surface area is 161 Å². The molecule has 0 aromatic carbocycles. The van der Waals surface area contributed by atoms with Gasteiger partial charge in [0.1, 0.15) is 12.7 Å². The van der Waals surface area contributed by atoms with Gasteiger partial charge in [-0.25, -0.2) is 24.6 Å². The van der Waals surface area contributed by atoms with Crippen LogP contribution in [0.15, 0.2) is 36.1 Å². The van der Waals surface area contributed by atoms with E-state index in [9.17, 15) is 4.79 Å². The van der Waals surface area contributed by atoms with E-state index in [-0.39, 0.29) is 5.91 Å². The molecule has 1 N–H and O–H groups in total. The number of amides is 1. The van der Waals surface area contributed by atoms with Crippen LogP contribution in [0.25, 0.3) is 5.82 Å². The molecule has 3 aromatic heterocycles. The maximum absolute atomic E-state index is 12.3. The summed E-state index contributed by atoms with van der Waals surface area (Å²) in [4.78, 5) is 29.5. The van der Waals surface area contributed by atoms with Crippen LogP contribution in [0.1, 0.15) is 28.9 Å². The van der Waals surface area contributed by atoms with E-state index < -0.39 is 0 Å². The molecule has 0 spiro atoms. The topological polar surface area (TPSA) is 98.5 Å². The maximum atomic E-state index is 12.3. The second-order valence-electron chi connectivity index (χ2n) is 5.96. The van der Waals surface area contributed by atoms with Crippen molar-refractivity contribution in [3.8, 4) is 5.82 Å². The first-order valence-corrected chi connectivity index (χ1v) is 9.74. The van der Waals surface area contributed by atoms with Crippen LogP contribution in [0.4, 0.5) is 0 Å². The lowest BCUT2D eigenvalue weighted by atomic mass is 10.1. The molecule has 1 amide bonds. The van der Waals surface area contributed by atoms with Crippen molar-refractivity contribution in [3.63, 3.8) is 0 Å². The molecule has 0 aliphatic rings. The van der Waals surface area contributed by atoms with Crippen LogP contribution in [-0.2, 0) is 17.8 Å². The van der Waals surface area contributed by atoms with Crippen LogP contribution in [0, 0.1) is 13.8 Å². The van der Waals surface area contributed by atoms with Gasteiger partial charge in [0.15, 0.2) is 11.0 Å².